The first-order chi connectivity index (χ1) is 8.74. The number of benzene rings is 1. The minimum atomic E-state index is -0.341. The van der Waals surface area contributed by atoms with Crippen molar-refractivity contribution < 1.29 is 5.11 Å². The molecule has 0 amide bonds. The number of hydrogen-bond acceptors (Lipinski definition) is 3. The lowest BCUT2D eigenvalue weighted by Crippen LogP contribution is -2.12. The maximum atomic E-state index is 9.99. The van der Waals surface area contributed by atoms with Crippen LogP contribution in [0.5, 0.6) is 0 Å². The molecule has 2 aromatic rings. The smallest absolute Gasteiger partial charge is 0.123 e. The van der Waals surface area contributed by atoms with Gasteiger partial charge in [-0.2, -0.15) is 0 Å². The van der Waals surface area contributed by atoms with Crippen LogP contribution in [0.15, 0.2) is 48.7 Å². The fourth-order valence-corrected chi connectivity index (χ4v) is 1.97. The molecule has 18 heavy (non-hydrogen) atoms. The van der Waals surface area contributed by atoms with Gasteiger partial charge in [0.05, 0.1) is 6.10 Å². The summed E-state index contributed by atoms with van der Waals surface area (Å²) in [5.74, 6) is 0.503. The second-order valence-corrected chi connectivity index (χ2v) is 4.47. The van der Waals surface area contributed by atoms with Crippen molar-refractivity contribution in [1.29, 1.82) is 0 Å². The molecule has 0 aliphatic rings. The van der Waals surface area contributed by atoms with Crippen LogP contribution in [0.4, 0.5) is 5.82 Å². The third-order valence-electron chi connectivity index (χ3n) is 2.93. The van der Waals surface area contributed by atoms with Crippen LogP contribution in [0.3, 0.4) is 0 Å². The lowest BCUT2D eigenvalue weighted by atomic mass is 10.0. The van der Waals surface area contributed by atoms with Gasteiger partial charge in [-0.25, -0.2) is 4.98 Å². The average molecular weight is 242 g/mol. The van der Waals surface area contributed by atoms with Crippen LogP contribution in [-0.2, 0) is 12.8 Å². The molecule has 3 heteroatoms. The van der Waals surface area contributed by atoms with Crippen LogP contribution in [0.2, 0.25) is 0 Å². The quantitative estimate of drug-likeness (QED) is 0.845. The Morgan fingerprint density at radius 2 is 1.89 bits per heavy atom. The predicted octanol–water partition coefficient (Wildman–Crippen LogP) is 2.20. The normalized spacial score (nSPS) is 12.3. The van der Waals surface area contributed by atoms with E-state index in [2.05, 4.69) is 17.1 Å². The molecule has 1 atom stereocenters. The summed E-state index contributed by atoms with van der Waals surface area (Å²) in [7, 11) is 0. The van der Waals surface area contributed by atoms with Crippen molar-refractivity contribution in [3.05, 3.63) is 59.8 Å². The highest BCUT2D eigenvalue weighted by Crippen LogP contribution is 2.11. The molecule has 0 radical (unpaired) electrons. The van der Waals surface area contributed by atoms with E-state index in [9.17, 15) is 5.11 Å². The predicted molar refractivity (Wildman–Crippen MR) is 73.1 cm³/mol. The first kappa shape index (κ1) is 12.6. The maximum Gasteiger partial charge on any atom is 0.123 e. The zero-order valence-electron chi connectivity index (χ0n) is 10.3. The second-order valence-electron chi connectivity index (χ2n) is 4.47. The number of nitrogens with zero attached hydrogens (tertiary/aromatic N) is 1. The van der Waals surface area contributed by atoms with Gasteiger partial charge in [-0.1, -0.05) is 30.3 Å². The Balaban J connectivity index is 1.84. The van der Waals surface area contributed by atoms with E-state index in [0.29, 0.717) is 12.2 Å². The van der Waals surface area contributed by atoms with Gasteiger partial charge in [0.2, 0.25) is 0 Å². The van der Waals surface area contributed by atoms with E-state index >= 15 is 0 Å². The number of pyridine rings is 1. The topological polar surface area (TPSA) is 59.1 Å². The van der Waals surface area contributed by atoms with E-state index in [0.717, 1.165) is 18.4 Å². The fourth-order valence-electron chi connectivity index (χ4n) is 1.97. The Labute approximate surface area is 107 Å². The highest BCUT2D eigenvalue weighted by Gasteiger charge is 2.06. The van der Waals surface area contributed by atoms with Crippen LogP contribution in [0, 0.1) is 0 Å². The van der Waals surface area contributed by atoms with E-state index in [-0.39, 0.29) is 6.10 Å². The molecule has 1 aromatic carbocycles. The number of aryl methyl sites for hydroxylation is 1. The number of aliphatic hydroxyl groups is 1. The summed E-state index contributed by atoms with van der Waals surface area (Å²) in [6, 6.07) is 13.9. The molecule has 0 bridgehead atoms. The standard InChI is InChI=1S/C15H18N2O/c16-15-11-13(8-9-17-15)10-14(18)7-6-12-4-2-1-3-5-12/h1-5,8-9,11,14,18H,6-7,10H2,(H2,16,17). The molecule has 2 rings (SSSR count). The van der Waals surface area contributed by atoms with Gasteiger partial charge in [-0.3, -0.25) is 0 Å². The number of nitrogen functional groups attached to an aromatic ring is 1. The molecule has 94 valence electrons. The Morgan fingerprint density at radius 1 is 1.11 bits per heavy atom. The van der Waals surface area contributed by atoms with Crippen molar-refractivity contribution in [3.8, 4) is 0 Å². The van der Waals surface area contributed by atoms with Crippen molar-refractivity contribution in [2.24, 2.45) is 0 Å². The van der Waals surface area contributed by atoms with Crippen molar-refractivity contribution in [3.63, 3.8) is 0 Å². The number of rotatable bonds is 5. The number of nitrogens with two attached hydrogens (primary N) is 1. The summed E-state index contributed by atoms with van der Waals surface area (Å²) in [5.41, 5.74) is 7.89. The Hall–Kier alpha value is -1.87. The molecule has 1 unspecified atom stereocenters. The average Bonchev–Trinajstić information content (AvgIpc) is 2.38. The molecule has 0 spiro atoms. The van der Waals surface area contributed by atoms with Crippen molar-refractivity contribution in [1.82, 2.24) is 4.98 Å². The van der Waals surface area contributed by atoms with Crippen molar-refractivity contribution in [2.45, 2.75) is 25.4 Å². The summed E-state index contributed by atoms with van der Waals surface area (Å²) in [6.45, 7) is 0. The Kier molecular flexibility index (Phi) is 4.31. The first-order valence-electron chi connectivity index (χ1n) is 6.16. The van der Waals surface area contributed by atoms with Gasteiger partial charge >= 0.3 is 0 Å². The summed E-state index contributed by atoms with van der Waals surface area (Å²) in [4.78, 5) is 3.94. The molecule has 0 fully saturated rings. The largest absolute Gasteiger partial charge is 0.393 e. The van der Waals surface area contributed by atoms with E-state index in [1.165, 1.54) is 5.56 Å². The van der Waals surface area contributed by atoms with Gasteiger partial charge in [0.1, 0.15) is 5.82 Å². The molecular formula is C15H18N2O. The van der Waals surface area contributed by atoms with Crippen molar-refractivity contribution in [2.75, 3.05) is 5.73 Å². The highest BCUT2D eigenvalue weighted by atomic mass is 16.3. The molecular weight excluding hydrogens is 224 g/mol. The molecule has 3 N–H and O–H groups in total. The van der Waals surface area contributed by atoms with Gasteiger partial charge in [-0.05, 0) is 42.5 Å². The Bertz CT molecular complexity index is 485. The van der Waals surface area contributed by atoms with E-state index < -0.39 is 0 Å². The Morgan fingerprint density at radius 3 is 2.61 bits per heavy atom. The van der Waals surface area contributed by atoms with Gasteiger partial charge in [0, 0.05) is 6.20 Å². The van der Waals surface area contributed by atoms with Gasteiger partial charge in [0.25, 0.3) is 0 Å². The lowest BCUT2D eigenvalue weighted by molar-refractivity contribution is 0.165. The maximum absolute atomic E-state index is 9.99. The minimum absolute atomic E-state index is 0.341. The summed E-state index contributed by atoms with van der Waals surface area (Å²) in [6.07, 6.45) is 3.61. The second kappa shape index (κ2) is 6.17. The third kappa shape index (κ3) is 3.86. The van der Waals surface area contributed by atoms with Gasteiger partial charge < -0.3 is 10.8 Å². The number of aliphatic hydroxyl groups excluding tert-OH is 1. The van der Waals surface area contributed by atoms with E-state index in [1.54, 1.807) is 6.20 Å². The number of anilines is 1. The zero-order chi connectivity index (χ0) is 12.8. The first-order valence-corrected chi connectivity index (χ1v) is 6.16. The number of aromatic nitrogens is 1. The van der Waals surface area contributed by atoms with E-state index in [1.807, 2.05) is 30.3 Å². The summed E-state index contributed by atoms with van der Waals surface area (Å²) >= 11 is 0. The van der Waals surface area contributed by atoms with Crippen LogP contribution in [0.1, 0.15) is 17.5 Å². The minimum Gasteiger partial charge on any atom is -0.393 e. The van der Waals surface area contributed by atoms with Crippen LogP contribution in [-0.4, -0.2) is 16.2 Å². The SMILES string of the molecule is Nc1cc(CC(O)CCc2ccccc2)ccn1. The van der Waals surface area contributed by atoms with Gasteiger partial charge in [-0.15, -0.1) is 0 Å². The molecule has 0 aliphatic heterocycles. The fraction of sp³-hybridized carbons (Fsp3) is 0.267. The molecule has 0 aliphatic carbocycles. The lowest BCUT2D eigenvalue weighted by Gasteiger charge is -2.10. The molecule has 3 nitrogen and oxygen atoms in total. The van der Waals surface area contributed by atoms with Gasteiger partial charge in [0.15, 0.2) is 0 Å². The summed E-state index contributed by atoms with van der Waals surface area (Å²) < 4.78 is 0. The van der Waals surface area contributed by atoms with Crippen molar-refractivity contribution >= 4 is 5.82 Å². The molecule has 0 saturated heterocycles. The zero-order valence-corrected chi connectivity index (χ0v) is 10.3. The summed E-state index contributed by atoms with van der Waals surface area (Å²) in [5, 5.41) is 9.99. The molecule has 1 heterocycles. The van der Waals surface area contributed by atoms with Crippen LogP contribution < -0.4 is 5.73 Å². The number of hydrogen-bond donors (Lipinski definition) is 2. The third-order valence-corrected chi connectivity index (χ3v) is 2.93. The molecule has 1 aromatic heterocycles. The highest BCUT2D eigenvalue weighted by molar-refractivity contribution is 5.32. The monoisotopic (exact) mass is 242 g/mol. The van der Waals surface area contributed by atoms with Crippen LogP contribution in [0.25, 0.3) is 0 Å². The van der Waals surface area contributed by atoms with Crippen LogP contribution >= 0.6 is 0 Å². The molecule has 0 saturated carbocycles. The van der Waals surface area contributed by atoms with E-state index in [4.69, 9.17) is 5.73 Å².